The Labute approximate surface area is 38.3 Å². The summed E-state index contributed by atoms with van der Waals surface area (Å²) in [5, 5.41) is 2.28. The Balaban J connectivity index is 3.17. The molecule has 0 fully saturated rings. The highest BCUT2D eigenvalue weighted by molar-refractivity contribution is 5.72. The first-order chi connectivity index (χ1) is 3.31. The Morgan fingerprint density at radius 2 is 2.43 bits per heavy atom. The largest absolute Gasteiger partial charge is 0.375 e. The Morgan fingerprint density at radius 1 is 1.86 bits per heavy atom. The van der Waals surface area contributed by atoms with Gasteiger partial charge in [0.25, 0.3) is 0 Å². The number of hydrogen-bond donors (Lipinski definition) is 3. The normalized spacial score (nSPS) is 7.57. The fourth-order valence-electron chi connectivity index (χ4n) is 0.0684. The van der Waals surface area contributed by atoms with Crippen molar-refractivity contribution in [2.24, 2.45) is 5.11 Å². The van der Waals surface area contributed by atoms with Crippen LogP contribution in [0.5, 0.6) is 0 Å². The smallest absolute Gasteiger partial charge is 0.243 e. The van der Waals surface area contributed by atoms with Gasteiger partial charge in [-0.15, -0.1) is 4.48 Å². The van der Waals surface area contributed by atoms with Crippen molar-refractivity contribution in [3.63, 3.8) is 0 Å². The summed E-state index contributed by atoms with van der Waals surface area (Å²) in [4.78, 5) is 9.64. The first-order valence-corrected chi connectivity index (χ1v) is 1.34. The quantitative estimate of drug-likeness (QED) is 0.252. The van der Waals surface area contributed by atoms with Crippen molar-refractivity contribution >= 4 is 6.03 Å². The maximum atomic E-state index is 10.7. The molecule has 0 saturated carbocycles. The fourth-order valence-corrected chi connectivity index (χ4v) is 0.0684. The predicted octanol–water partition coefficient (Wildman–Crippen LogP) is 0.116. The molecule has 2 amide bonds. The molecule has 0 heterocycles. The number of urea groups is 1. The van der Waals surface area contributed by atoms with E-state index in [-0.39, 0.29) is 0 Å². The van der Waals surface area contributed by atoms with Crippen molar-refractivity contribution in [2.45, 2.75) is 0 Å². The third kappa shape index (κ3) is 2.77. The van der Waals surface area contributed by atoms with Crippen LogP contribution in [0.25, 0.3) is 0 Å². The summed E-state index contributed by atoms with van der Waals surface area (Å²) < 4.78 is 10.7. The second kappa shape index (κ2) is 3.16. The van der Waals surface area contributed by atoms with E-state index in [1.807, 2.05) is 0 Å². The standard InChI is InChI=1S/CH3FN4O/c2-6-5-1(7)4-3/h3,6H,(H,5,7). The lowest BCUT2D eigenvalue weighted by molar-refractivity contribution is 0.219. The number of hydrogen-bond acceptors (Lipinski definition) is 3. The van der Waals surface area contributed by atoms with Gasteiger partial charge in [0.05, 0.1) is 0 Å². The average molecular weight is 106 g/mol. The van der Waals surface area contributed by atoms with Gasteiger partial charge in [0.1, 0.15) is 0 Å². The molecule has 7 heavy (non-hydrogen) atoms. The topological polar surface area (TPSA) is 77.3 Å². The molecular formula is CH3FN4O. The Kier molecular flexibility index (Phi) is 2.69. The SMILES string of the molecule is N=NC(=O)NNF. The number of nitrogens with one attached hydrogen (secondary N) is 3. The summed E-state index contributed by atoms with van der Waals surface area (Å²) in [6.45, 7) is 0. The molecule has 3 N–H and O–H groups in total. The van der Waals surface area contributed by atoms with E-state index in [4.69, 9.17) is 5.53 Å². The molecule has 0 aromatic carbocycles. The lowest BCUT2D eigenvalue weighted by Gasteiger charge is -1.86. The maximum Gasteiger partial charge on any atom is 0.375 e. The van der Waals surface area contributed by atoms with Crippen LogP contribution in [0.1, 0.15) is 0 Å². The van der Waals surface area contributed by atoms with E-state index in [1.165, 1.54) is 5.43 Å². The van der Waals surface area contributed by atoms with Crippen molar-refractivity contribution in [1.82, 2.24) is 11.1 Å². The van der Waals surface area contributed by atoms with Gasteiger partial charge in [0.2, 0.25) is 0 Å². The number of nitrogens with zero attached hydrogens (tertiary/aromatic N) is 1. The molecule has 0 unspecified atom stereocenters. The van der Waals surface area contributed by atoms with E-state index >= 15 is 0 Å². The van der Waals surface area contributed by atoms with Gasteiger partial charge in [0.15, 0.2) is 0 Å². The maximum absolute atomic E-state index is 10.7. The van der Waals surface area contributed by atoms with E-state index < -0.39 is 6.03 Å². The van der Waals surface area contributed by atoms with Gasteiger partial charge in [-0.3, -0.25) is 0 Å². The molecule has 0 radical (unpaired) electrons. The first kappa shape index (κ1) is 5.96. The monoisotopic (exact) mass is 106 g/mol. The molecule has 0 bridgehead atoms. The summed E-state index contributed by atoms with van der Waals surface area (Å²) in [5.74, 6) is 0. The van der Waals surface area contributed by atoms with Gasteiger partial charge in [-0.1, -0.05) is 10.8 Å². The van der Waals surface area contributed by atoms with Crippen molar-refractivity contribution < 1.29 is 9.28 Å². The number of carbonyl (C=O) groups is 1. The number of amides is 2. The highest BCUT2D eigenvalue weighted by atomic mass is 19.2. The lowest BCUT2D eigenvalue weighted by atomic mass is 11.1. The molecule has 5 nitrogen and oxygen atoms in total. The summed E-state index contributed by atoms with van der Waals surface area (Å²) in [7, 11) is 0. The van der Waals surface area contributed by atoms with Gasteiger partial charge < -0.3 is 0 Å². The third-order valence-corrected chi connectivity index (χ3v) is 0.256. The molecule has 0 aromatic heterocycles. The molecule has 0 atom stereocenters. The molecule has 0 aromatic rings. The van der Waals surface area contributed by atoms with Gasteiger partial charge >= 0.3 is 6.03 Å². The summed E-state index contributed by atoms with van der Waals surface area (Å²) in [5.41, 5.74) is 8.11. The van der Waals surface area contributed by atoms with E-state index in [2.05, 4.69) is 5.11 Å². The van der Waals surface area contributed by atoms with E-state index in [9.17, 15) is 9.28 Å². The van der Waals surface area contributed by atoms with E-state index in [1.54, 1.807) is 0 Å². The molecule has 40 valence electrons. The third-order valence-electron chi connectivity index (χ3n) is 0.256. The van der Waals surface area contributed by atoms with Crippen molar-refractivity contribution in [1.29, 1.82) is 5.53 Å². The Hall–Kier alpha value is -1.04. The number of hydrazine groups is 1. The van der Waals surface area contributed by atoms with Crippen molar-refractivity contribution in [2.75, 3.05) is 0 Å². The number of carbonyl (C=O) groups excluding carboxylic acids is 1. The molecule has 0 aliphatic rings. The number of rotatable bonds is 1. The zero-order valence-corrected chi connectivity index (χ0v) is 3.23. The zero-order valence-electron chi connectivity index (χ0n) is 3.23. The minimum atomic E-state index is -1.07. The summed E-state index contributed by atoms with van der Waals surface area (Å²) >= 11 is 0. The van der Waals surface area contributed by atoms with Crippen LogP contribution < -0.4 is 11.1 Å². The highest BCUT2D eigenvalue weighted by Gasteiger charge is 1.88. The molecule has 0 saturated heterocycles. The van der Waals surface area contributed by atoms with Crippen LogP contribution in [0.2, 0.25) is 0 Å². The van der Waals surface area contributed by atoms with E-state index in [0.717, 1.165) is 5.65 Å². The predicted molar refractivity (Wildman–Crippen MR) is 17.9 cm³/mol. The second-order valence-corrected chi connectivity index (χ2v) is 0.636. The summed E-state index contributed by atoms with van der Waals surface area (Å²) in [6, 6.07) is -1.07. The average Bonchev–Trinajstić information content (AvgIpc) is 1.68. The minimum absolute atomic E-state index is 0.805. The van der Waals surface area contributed by atoms with Crippen molar-refractivity contribution in [3.8, 4) is 0 Å². The second-order valence-electron chi connectivity index (χ2n) is 0.636. The van der Waals surface area contributed by atoms with Gasteiger partial charge in [0, 0.05) is 0 Å². The minimum Gasteiger partial charge on any atom is -0.243 e. The Bertz CT molecular complexity index is 81.8. The highest BCUT2D eigenvalue weighted by Crippen LogP contribution is 1.64. The van der Waals surface area contributed by atoms with Crippen molar-refractivity contribution in [3.05, 3.63) is 0 Å². The van der Waals surface area contributed by atoms with Crippen LogP contribution in [0, 0.1) is 5.53 Å². The molecule has 0 aliphatic heterocycles. The molecule has 0 aliphatic carbocycles. The molecular weight excluding hydrogens is 103 g/mol. The van der Waals surface area contributed by atoms with E-state index in [0.29, 0.717) is 0 Å². The van der Waals surface area contributed by atoms with Crippen LogP contribution in [0.15, 0.2) is 5.11 Å². The summed E-state index contributed by atoms with van der Waals surface area (Å²) in [6.07, 6.45) is 0. The fraction of sp³-hybridized carbons (Fsp3) is 0. The van der Waals surface area contributed by atoms with Crippen LogP contribution in [0.4, 0.5) is 9.28 Å². The first-order valence-electron chi connectivity index (χ1n) is 1.34. The van der Waals surface area contributed by atoms with Crippen LogP contribution in [0.3, 0.4) is 0 Å². The van der Waals surface area contributed by atoms with Gasteiger partial charge in [-0.25, -0.2) is 10.2 Å². The van der Waals surface area contributed by atoms with Crippen LogP contribution in [-0.2, 0) is 0 Å². The molecule has 0 spiro atoms. The Morgan fingerprint density at radius 3 is 2.57 bits per heavy atom. The lowest BCUT2D eigenvalue weighted by Crippen LogP contribution is -2.27. The van der Waals surface area contributed by atoms with Gasteiger partial charge in [-0.2, -0.15) is 5.53 Å². The molecule has 0 rings (SSSR count). The zero-order chi connectivity index (χ0) is 5.70. The number of halogens is 1. The van der Waals surface area contributed by atoms with Gasteiger partial charge in [-0.05, 0) is 0 Å². The van der Waals surface area contributed by atoms with Crippen LogP contribution >= 0.6 is 0 Å². The molecule has 6 heteroatoms. The van der Waals surface area contributed by atoms with Crippen LogP contribution in [-0.4, -0.2) is 6.03 Å².